The van der Waals surface area contributed by atoms with Crippen LogP contribution >= 0.6 is 15.6 Å². The Labute approximate surface area is 626 Å². The first-order valence-corrected chi connectivity index (χ1v) is 46.0. The van der Waals surface area contributed by atoms with Crippen molar-refractivity contribution in [2.24, 2.45) is 17.8 Å². The van der Waals surface area contributed by atoms with Gasteiger partial charge in [-0.25, -0.2) is 9.13 Å². The number of phosphoric ester groups is 2. The molecule has 0 saturated heterocycles. The van der Waals surface area contributed by atoms with E-state index in [2.05, 4.69) is 48.5 Å². The summed E-state index contributed by atoms with van der Waals surface area (Å²) in [6.45, 7) is 12.1. The first kappa shape index (κ1) is 100. The van der Waals surface area contributed by atoms with E-state index in [1.54, 1.807) is 0 Å². The number of esters is 4. The van der Waals surface area contributed by atoms with E-state index in [1.165, 1.54) is 244 Å². The number of aliphatic hydroxyl groups excluding tert-OH is 1. The third-order valence-corrected chi connectivity index (χ3v) is 22.4. The van der Waals surface area contributed by atoms with Crippen molar-refractivity contribution in [2.75, 3.05) is 39.6 Å². The summed E-state index contributed by atoms with van der Waals surface area (Å²) >= 11 is 0. The SMILES string of the molecule is CCCCCCCCCCCCCCC(=O)OC[C@H](COP(=O)(O)OC[C@H](O)COP(=O)(O)OC[C@@H](COC(=O)CCCCCCCCCCCCC(C)CC)OC(=O)CCCCCCCCCCCCCCCCCCCCC(C)CC)OC(=O)CCCCCCCCCCCCC(C)CC. The van der Waals surface area contributed by atoms with E-state index in [0.29, 0.717) is 25.7 Å². The van der Waals surface area contributed by atoms with Crippen LogP contribution in [0.15, 0.2) is 0 Å². The fourth-order valence-electron chi connectivity index (χ4n) is 12.7. The number of hydrogen-bond donors (Lipinski definition) is 3. The Hall–Kier alpha value is -1.94. The number of aliphatic hydroxyl groups is 1. The number of carbonyl (C=O) groups is 4. The van der Waals surface area contributed by atoms with Crippen LogP contribution in [-0.2, 0) is 65.4 Å². The molecule has 102 heavy (non-hydrogen) atoms. The summed E-state index contributed by atoms with van der Waals surface area (Å²) in [5.41, 5.74) is 0. The molecule has 0 aliphatic rings. The molecule has 0 radical (unpaired) electrons. The molecule has 606 valence electrons. The number of ether oxygens (including phenoxy) is 4. The normalized spacial score (nSPS) is 14.7. The van der Waals surface area contributed by atoms with E-state index in [-0.39, 0.29) is 25.7 Å². The van der Waals surface area contributed by atoms with Crippen LogP contribution in [0.4, 0.5) is 0 Å². The van der Waals surface area contributed by atoms with Gasteiger partial charge < -0.3 is 33.8 Å². The number of phosphoric acid groups is 2. The lowest BCUT2D eigenvalue weighted by Gasteiger charge is -2.21. The minimum absolute atomic E-state index is 0.107. The zero-order valence-corrected chi connectivity index (χ0v) is 68.9. The molecule has 3 N–H and O–H groups in total. The van der Waals surface area contributed by atoms with Gasteiger partial charge in [0, 0.05) is 25.7 Å². The molecule has 19 heteroatoms. The van der Waals surface area contributed by atoms with Crippen LogP contribution in [0.25, 0.3) is 0 Å². The molecule has 0 aliphatic heterocycles. The van der Waals surface area contributed by atoms with Gasteiger partial charge >= 0.3 is 39.5 Å². The Balaban J connectivity index is 5.24. The summed E-state index contributed by atoms with van der Waals surface area (Å²) < 4.78 is 68.8. The van der Waals surface area contributed by atoms with Crippen LogP contribution in [0, 0.1) is 17.8 Å². The van der Waals surface area contributed by atoms with Crippen molar-refractivity contribution in [2.45, 2.75) is 452 Å². The molecule has 0 bridgehead atoms. The zero-order valence-electron chi connectivity index (χ0n) is 67.1. The predicted molar refractivity (Wildman–Crippen MR) is 418 cm³/mol. The highest BCUT2D eigenvalue weighted by Crippen LogP contribution is 2.45. The smallest absolute Gasteiger partial charge is 0.462 e. The van der Waals surface area contributed by atoms with Crippen molar-refractivity contribution in [1.29, 1.82) is 0 Å². The van der Waals surface area contributed by atoms with Crippen LogP contribution < -0.4 is 0 Å². The van der Waals surface area contributed by atoms with Gasteiger partial charge in [-0.05, 0) is 43.4 Å². The maximum absolute atomic E-state index is 13.1. The van der Waals surface area contributed by atoms with Crippen LogP contribution in [0.5, 0.6) is 0 Å². The van der Waals surface area contributed by atoms with Crippen molar-refractivity contribution in [3.63, 3.8) is 0 Å². The third kappa shape index (κ3) is 72.3. The summed E-state index contributed by atoms with van der Waals surface area (Å²) in [4.78, 5) is 73.1. The first-order chi connectivity index (χ1) is 49.3. The lowest BCUT2D eigenvalue weighted by molar-refractivity contribution is -0.161. The Morgan fingerprint density at radius 3 is 0.696 bits per heavy atom. The molecule has 17 nitrogen and oxygen atoms in total. The molecular formula is C83H162O17P2. The molecule has 0 spiro atoms. The van der Waals surface area contributed by atoms with Crippen molar-refractivity contribution < 1.29 is 80.2 Å². The topological polar surface area (TPSA) is 237 Å². The molecule has 0 amide bonds. The van der Waals surface area contributed by atoms with E-state index in [4.69, 9.17) is 37.0 Å². The van der Waals surface area contributed by atoms with Gasteiger partial charge in [0.25, 0.3) is 0 Å². The standard InChI is InChI=1S/C83H162O17P2/c1-8-12-13-14-15-16-17-27-36-43-50-57-64-80(85)93-70-79(100-83(88)67-60-53-46-39-32-30-35-42-49-56-63-76(7)11-4)73-98-102(91,92)96-69-77(84)68-95-101(89,90)97-72-78(71-94-81(86)65-58-51-44-37-31-29-34-41-48-55-62-75(6)10-3)99-82(87)66-59-52-45-38-28-25-23-21-19-18-20-22-24-26-33-40-47-54-61-74(5)9-2/h74-79,84H,8-73H2,1-7H3,(H,89,90)(H,91,92)/t74?,75?,76?,77-,78-,79-/m1/s1. The first-order valence-electron chi connectivity index (χ1n) is 43.0. The van der Waals surface area contributed by atoms with Gasteiger partial charge in [-0.3, -0.25) is 37.3 Å². The molecule has 0 heterocycles. The van der Waals surface area contributed by atoms with Gasteiger partial charge in [-0.15, -0.1) is 0 Å². The second-order valence-corrected chi connectivity index (χ2v) is 33.5. The second-order valence-electron chi connectivity index (χ2n) is 30.6. The Kier molecular flexibility index (Phi) is 71.8. The van der Waals surface area contributed by atoms with E-state index in [1.807, 2.05) is 0 Å². The average molecular weight is 1490 g/mol. The zero-order chi connectivity index (χ0) is 75.1. The van der Waals surface area contributed by atoms with Gasteiger partial charge in [-0.2, -0.15) is 0 Å². The lowest BCUT2D eigenvalue weighted by atomic mass is 9.99. The minimum atomic E-state index is -4.96. The highest BCUT2D eigenvalue weighted by Gasteiger charge is 2.30. The predicted octanol–water partition coefficient (Wildman–Crippen LogP) is 24.9. The van der Waals surface area contributed by atoms with Crippen molar-refractivity contribution in [1.82, 2.24) is 0 Å². The van der Waals surface area contributed by atoms with E-state index in [9.17, 15) is 43.2 Å². The molecule has 0 aromatic heterocycles. The molecule has 8 atom stereocenters. The largest absolute Gasteiger partial charge is 0.472 e. The summed E-state index contributed by atoms with van der Waals surface area (Å²) in [5, 5.41) is 10.7. The van der Waals surface area contributed by atoms with Crippen LogP contribution in [0.2, 0.25) is 0 Å². The van der Waals surface area contributed by atoms with Gasteiger partial charge in [0.15, 0.2) is 12.2 Å². The average Bonchev–Trinajstić information content (AvgIpc) is 0.913. The van der Waals surface area contributed by atoms with E-state index < -0.39 is 97.5 Å². The number of unbranched alkanes of at least 4 members (excludes halogenated alkanes) is 46. The summed E-state index contributed by atoms with van der Waals surface area (Å²) in [6.07, 6.45) is 62.2. The molecule has 0 rings (SSSR count). The van der Waals surface area contributed by atoms with Crippen LogP contribution in [0.1, 0.15) is 434 Å². The highest BCUT2D eigenvalue weighted by molar-refractivity contribution is 7.47. The molecular weight excluding hydrogens is 1330 g/mol. The highest BCUT2D eigenvalue weighted by atomic mass is 31.2. The lowest BCUT2D eigenvalue weighted by Crippen LogP contribution is -2.30. The van der Waals surface area contributed by atoms with Gasteiger partial charge in [0.05, 0.1) is 26.4 Å². The Morgan fingerprint density at radius 2 is 0.471 bits per heavy atom. The molecule has 0 aromatic rings. The second kappa shape index (κ2) is 73.2. The number of rotatable bonds is 81. The Morgan fingerprint density at radius 1 is 0.275 bits per heavy atom. The fourth-order valence-corrected chi connectivity index (χ4v) is 14.3. The molecule has 5 unspecified atom stereocenters. The van der Waals surface area contributed by atoms with Crippen molar-refractivity contribution >= 4 is 39.5 Å². The Bertz CT molecular complexity index is 1980. The summed E-state index contributed by atoms with van der Waals surface area (Å²) in [6, 6.07) is 0. The number of carbonyl (C=O) groups excluding carboxylic acids is 4. The molecule has 0 fully saturated rings. The summed E-state index contributed by atoms with van der Waals surface area (Å²) in [7, 11) is -9.92. The minimum Gasteiger partial charge on any atom is -0.462 e. The number of hydrogen-bond acceptors (Lipinski definition) is 15. The van der Waals surface area contributed by atoms with Gasteiger partial charge in [0.2, 0.25) is 0 Å². The van der Waals surface area contributed by atoms with E-state index >= 15 is 0 Å². The fraction of sp³-hybridized carbons (Fsp3) is 0.952. The van der Waals surface area contributed by atoms with Gasteiger partial charge in [0.1, 0.15) is 19.3 Å². The summed E-state index contributed by atoms with van der Waals surface area (Å²) in [5.74, 6) is 0.376. The maximum Gasteiger partial charge on any atom is 0.472 e. The van der Waals surface area contributed by atoms with Crippen LogP contribution in [-0.4, -0.2) is 96.7 Å². The molecule has 0 aromatic carbocycles. The maximum atomic E-state index is 13.1. The monoisotopic (exact) mass is 1490 g/mol. The van der Waals surface area contributed by atoms with Crippen LogP contribution in [0.3, 0.4) is 0 Å². The van der Waals surface area contributed by atoms with Crippen molar-refractivity contribution in [3.8, 4) is 0 Å². The molecule has 0 saturated carbocycles. The third-order valence-electron chi connectivity index (χ3n) is 20.5. The van der Waals surface area contributed by atoms with Gasteiger partial charge in [-0.1, -0.05) is 382 Å². The van der Waals surface area contributed by atoms with Crippen molar-refractivity contribution in [3.05, 3.63) is 0 Å². The quantitative estimate of drug-likeness (QED) is 0.0222. The van der Waals surface area contributed by atoms with E-state index in [0.717, 1.165) is 108 Å². The molecule has 0 aliphatic carbocycles.